The lowest BCUT2D eigenvalue weighted by Gasteiger charge is -2.31. The van der Waals surface area contributed by atoms with Gasteiger partial charge in [-0.15, -0.1) is 10.2 Å². The molecule has 0 unspecified atom stereocenters. The van der Waals surface area contributed by atoms with Gasteiger partial charge in [0.2, 0.25) is 11.8 Å². The van der Waals surface area contributed by atoms with Gasteiger partial charge in [-0.05, 0) is 79.8 Å². The summed E-state index contributed by atoms with van der Waals surface area (Å²) < 4.78 is 5.16. The van der Waals surface area contributed by atoms with Crippen LogP contribution in [-0.2, 0) is 17.8 Å². The van der Waals surface area contributed by atoms with Gasteiger partial charge >= 0.3 is 0 Å². The number of nitrogens with zero attached hydrogens (tertiary/aromatic N) is 5. The Morgan fingerprint density at radius 1 is 1.08 bits per heavy atom. The van der Waals surface area contributed by atoms with Gasteiger partial charge in [-0.2, -0.15) is 0 Å². The van der Waals surface area contributed by atoms with Gasteiger partial charge in [0.1, 0.15) is 12.1 Å². The molecule has 4 heterocycles. The highest BCUT2D eigenvalue weighted by atomic mass is 16.5. The van der Waals surface area contributed by atoms with Crippen molar-refractivity contribution in [1.82, 2.24) is 25.5 Å². The van der Waals surface area contributed by atoms with Crippen molar-refractivity contribution in [1.29, 1.82) is 0 Å². The van der Waals surface area contributed by atoms with Crippen molar-refractivity contribution in [2.75, 3.05) is 30.4 Å². The molecule has 2 aliphatic heterocycles. The Bertz CT molecular complexity index is 1480. The van der Waals surface area contributed by atoms with Crippen molar-refractivity contribution in [3.63, 3.8) is 0 Å². The second-order valence-electron chi connectivity index (χ2n) is 9.99. The topological polar surface area (TPSA) is 105 Å². The number of carbonyl (C=O) groups excluding carboxylic acids is 1. The molecule has 0 radical (unpaired) electrons. The average molecular weight is 510 g/mol. The molecule has 4 aromatic rings. The van der Waals surface area contributed by atoms with Crippen LogP contribution >= 0.6 is 0 Å². The number of hydrogen-bond donors (Lipinski definition) is 2. The minimum atomic E-state index is -0.114. The molecule has 1 amide bonds. The van der Waals surface area contributed by atoms with Crippen LogP contribution in [0.5, 0.6) is 5.88 Å². The first-order valence-electron chi connectivity index (χ1n) is 13.1. The maximum atomic E-state index is 12.8. The van der Waals surface area contributed by atoms with Crippen molar-refractivity contribution < 1.29 is 9.53 Å². The second kappa shape index (κ2) is 10.3. The summed E-state index contributed by atoms with van der Waals surface area (Å²) in [5.74, 6) is 1.42. The predicted molar refractivity (Wildman–Crippen MR) is 147 cm³/mol. The third kappa shape index (κ3) is 4.77. The fourth-order valence-corrected chi connectivity index (χ4v) is 5.44. The van der Waals surface area contributed by atoms with Crippen LogP contribution in [0.1, 0.15) is 36.0 Å². The van der Waals surface area contributed by atoms with Crippen molar-refractivity contribution in [2.24, 2.45) is 0 Å². The van der Waals surface area contributed by atoms with E-state index in [0.29, 0.717) is 12.4 Å². The number of rotatable bonds is 5. The van der Waals surface area contributed by atoms with E-state index >= 15 is 0 Å². The summed E-state index contributed by atoms with van der Waals surface area (Å²) >= 11 is 0. The van der Waals surface area contributed by atoms with E-state index in [2.05, 4.69) is 61.9 Å². The zero-order chi connectivity index (χ0) is 26.1. The number of aromatic nitrogens is 4. The quantitative estimate of drug-likeness (QED) is 0.415. The molecule has 194 valence electrons. The Hall–Kier alpha value is -4.11. The largest absolute Gasteiger partial charge is 0.480 e. The van der Waals surface area contributed by atoms with E-state index in [1.807, 2.05) is 18.2 Å². The van der Waals surface area contributed by atoms with Crippen LogP contribution in [0.2, 0.25) is 0 Å². The lowest BCUT2D eigenvalue weighted by molar-refractivity contribution is -0.118. The first-order chi connectivity index (χ1) is 18.6. The molecule has 38 heavy (non-hydrogen) atoms. The van der Waals surface area contributed by atoms with Crippen LogP contribution in [0, 0.1) is 6.92 Å². The Balaban J connectivity index is 1.29. The minimum absolute atomic E-state index is 0.0451. The van der Waals surface area contributed by atoms with Crippen LogP contribution in [-0.4, -0.2) is 52.3 Å². The molecule has 2 aromatic carbocycles. The maximum absolute atomic E-state index is 12.8. The van der Waals surface area contributed by atoms with Crippen molar-refractivity contribution >= 4 is 28.3 Å². The molecular weight excluding hydrogens is 478 g/mol. The Morgan fingerprint density at radius 3 is 2.79 bits per heavy atom. The minimum Gasteiger partial charge on any atom is -0.480 e. The molecule has 6 rings (SSSR count). The number of carbonyl (C=O) groups is 1. The molecule has 9 heteroatoms. The van der Waals surface area contributed by atoms with Crippen molar-refractivity contribution in [2.45, 2.75) is 45.2 Å². The standard InChI is InChI=1S/C29H31N7O2/c1-18-13-20(24-8-9-26(38-2)35-34-24)15-23-27(18)31-17-32-28(23)36-12-10-19-6-7-22(14-21(19)16-36)33-29(37)25-5-3-4-11-30-25/h6-9,13-15,17,25,30H,3-5,10-12,16H2,1-2H3,(H,33,37)/t25-/m0/s1. The number of aryl methyl sites for hydroxylation is 1. The van der Waals surface area contributed by atoms with Crippen LogP contribution in [0.25, 0.3) is 22.2 Å². The van der Waals surface area contributed by atoms with Gasteiger partial charge in [0.25, 0.3) is 0 Å². The molecule has 1 saturated heterocycles. The van der Waals surface area contributed by atoms with Crippen molar-refractivity contribution in [3.05, 3.63) is 65.5 Å². The summed E-state index contributed by atoms with van der Waals surface area (Å²) in [7, 11) is 1.58. The molecule has 1 fully saturated rings. The number of anilines is 2. The number of piperidine rings is 1. The maximum Gasteiger partial charge on any atom is 0.241 e. The SMILES string of the molecule is COc1ccc(-c2cc(C)c3ncnc(N4CCc5ccc(NC(=O)[C@@H]6CCCCN6)cc5C4)c3c2)nn1. The van der Waals surface area contributed by atoms with Crippen LogP contribution in [0.4, 0.5) is 11.5 Å². The third-order valence-electron chi connectivity index (χ3n) is 7.47. The molecule has 2 N–H and O–H groups in total. The Morgan fingerprint density at radius 2 is 2.00 bits per heavy atom. The number of benzene rings is 2. The number of hydrogen-bond acceptors (Lipinski definition) is 8. The highest BCUT2D eigenvalue weighted by molar-refractivity contribution is 5.96. The molecule has 2 aliphatic rings. The summed E-state index contributed by atoms with van der Waals surface area (Å²) in [6, 6.07) is 14.0. The fourth-order valence-electron chi connectivity index (χ4n) is 5.44. The molecular formula is C29H31N7O2. The second-order valence-corrected chi connectivity index (χ2v) is 9.99. The molecule has 9 nitrogen and oxygen atoms in total. The summed E-state index contributed by atoms with van der Waals surface area (Å²) in [5, 5.41) is 15.9. The molecule has 0 saturated carbocycles. The van der Waals surface area contributed by atoms with E-state index in [1.165, 1.54) is 11.1 Å². The number of ether oxygens (including phenoxy) is 1. The number of methoxy groups -OCH3 is 1. The Kier molecular flexibility index (Phi) is 6.59. The number of fused-ring (bicyclic) bond motifs is 2. The van der Waals surface area contributed by atoms with Crippen LogP contribution in [0.15, 0.2) is 48.8 Å². The number of amides is 1. The summed E-state index contributed by atoms with van der Waals surface area (Å²) in [5.41, 5.74) is 7.05. The van der Waals surface area contributed by atoms with Gasteiger partial charge in [0.15, 0.2) is 0 Å². The van der Waals surface area contributed by atoms with E-state index in [0.717, 1.165) is 78.0 Å². The van der Waals surface area contributed by atoms with E-state index in [4.69, 9.17) is 9.72 Å². The normalized spacial score (nSPS) is 17.2. The van der Waals surface area contributed by atoms with E-state index in [-0.39, 0.29) is 11.9 Å². The molecule has 0 aliphatic carbocycles. The first-order valence-corrected chi connectivity index (χ1v) is 13.1. The summed E-state index contributed by atoms with van der Waals surface area (Å²) in [6.45, 7) is 4.51. The van der Waals surface area contributed by atoms with Crippen LogP contribution < -0.4 is 20.3 Å². The van der Waals surface area contributed by atoms with Crippen LogP contribution in [0.3, 0.4) is 0 Å². The smallest absolute Gasteiger partial charge is 0.241 e. The number of nitrogens with one attached hydrogen (secondary N) is 2. The molecule has 1 atom stereocenters. The third-order valence-corrected chi connectivity index (χ3v) is 7.47. The van der Waals surface area contributed by atoms with Gasteiger partial charge in [0.05, 0.1) is 24.4 Å². The zero-order valence-electron chi connectivity index (χ0n) is 21.7. The predicted octanol–water partition coefficient (Wildman–Crippen LogP) is 4.05. The van der Waals surface area contributed by atoms with Gasteiger partial charge < -0.3 is 20.3 Å². The zero-order valence-corrected chi connectivity index (χ0v) is 21.7. The Labute approximate surface area is 221 Å². The highest BCUT2D eigenvalue weighted by Crippen LogP contribution is 2.33. The van der Waals surface area contributed by atoms with Gasteiger partial charge in [-0.1, -0.05) is 12.5 Å². The molecule has 2 aromatic heterocycles. The monoisotopic (exact) mass is 509 g/mol. The lowest BCUT2D eigenvalue weighted by Crippen LogP contribution is -2.43. The van der Waals surface area contributed by atoms with Gasteiger partial charge in [-0.3, -0.25) is 4.79 Å². The average Bonchev–Trinajstić information content (AvgIpc) is 2.97. The fraction of sp³-hybridized carbons (Fsp3) is 0.345. The van der Waals surface area contributed by atoms with Gasteiger partial charge in [0, 0.05) is 35.8 Å². The molecule has 0 bridgehead atoms. The summed E-state index contributed by atoms with van der Waals surface area (Å²) in [4.78, 5) is 24.4. The molecule has 0 spiro atoms. The van der Waals surface area contributed by atoms with Gasteiger partial charge in [-0.25, -0.2) is 9.97 Å². The van der Waals surface area contributed by atoms with E-state index < -0.39 is 0 Å². The van der Waals surface area contributed by atoms with E-state index in [1.54, 1.807) is 13.4 Å². The first kappa shape index (κ1) is 24.2. The summed E-state index contributed by atoms with van der Waals surface area (Å²) in [6.07, 6.45) is 5.64. The highest BCUT2D eigenvalue weighted by Gasteiger charge is 2.23. The van der Waals surface area contributed by atoms with E-state index in [9.17, 15) is 4.79 Å². The van der Waals surface area contributed by atoms with Crippen molar-refractivity contribution in [3.8, 4) is 17.1 Å². The lowest BCUT2D eigenvalue weighted by atomic mass is 9.98.